The van der Waals surface area contributed by atoms with Crippen LogP contribution in [0.15, 0.2) is 36.7 Å². The number of nitrogens with one attached hydrogen (secondary N) is 1. The second-order valence-corrected chi connectivity index (χ2v) is 9.00. The van der Waals surface area contributed by atoms with Crippen molar-refractivity contribution in [1.29, 1.82) is 0 Å². The van der Waals surface area contributed by atoms with Gasteiger partial charge in [-0.2, -0.15) is 0 Å². The Morgan fingerprint density at radius 3 is 2.74 bits per heavy atom. The third-order valence-electron chi connectivity index (χ3n) is 5.27. The summed E-state index contributed by atoms with van der Waals surface area (Å²) in [6, 6.07) is 8.52. The molecule has 0 atom stereocenters. The molecule has 2 heterocycles. The SMILES string of the molecule is CC(C)(C(=O)CC1CC(Nc2nc3ccccc3s2)C1)c1nccnc1Cl. The molecule has 27 heavy (non-hydrogen) atoms. The molecule has 2 aromatic heterocycles. The molecule has 0 saturated heterocycles. The number of aromatic nitrogens is 3. The van der Waals surface area contributed by atoms with Gasteiger partial charge in [-0.25, -0.2) is 9.97 Å². The van der Waals surface area contributed by atoms with Crippen LogP contribution in [0.3, 0.4) is 0 Å². The van der Waals surface area contributed by atoms with Gasteiger partial charge in [0.15, 0.2) is 10.3 Å². The number of rotatable bonds is 6. The number of carbonyl (C=O) groups is 1. The maximum Gasteiger partial charge on any atom is 0.184 e. The number of halogens is 1. The van der Waals surface area contributed by atoms with Crippen molar-refractivity contribution in [3.63, 3.8) is 0 Å². The van der Waals surface area contributed by atoms with E-state index in [-0.39, 0.29) is 5.78 Å². The molecule has 0 bridgehead atoms. The third kappa shape index (κ3) is 3.69. The minimum Gasteiger partial charge on any atom is -0.359 e. The minimum absolute atomic E-state index is 0.160. The number of ketones is 1. The number of para-hydroxylation sites is 1. The van der Waals surface area contributed by atoms with Crippen molar-refractivity contribution in [1.82, 2.24) is 15.0 Å². The predicted molar refractivity (Wildman–Crippen MR) is 109 cm³/mol. The molecule has 1 aliphatic carbocycles. The molecule has 5 nitrogen and oxygen atoms in total. The fourth-order valence-corrected chi connectivity index (χ4v) is 4.80. The summed E-state index contributed by atoms with van der Waals surface area (Å²) < 4.78 is 1.19. The highest BCUT2D eigenvalue weighted by molar-refractivity contribution is 7.22. The summed E-state index contributed by atoms with van der Waals surface area (Å²) in [4.78, 5) is 25.8. The van der Waals surface area contributed by atoms with Crippen LogP contribution in [0.1, 0.15) is 38.8 Å². The maximum absolute atomic E-state index is 12.8. The zero-order valence-corrected chi connectivity index (χ0v) is 16.8. The molecule has 0 unspecified atom stereocenters. The summed E-state index contributed by atoms with van der Waals surface area (Å²) in [6.45, 7) is 3.75. The van der Waals surface area contributed by atoms with Crippen molar-refractivity contribution in [3.8, 4) is 0 Å². The van der Waals surface area contributed by atoms with E-state index in [4.69, 9.17) is 11.6 Å². The van der Waals surface area contributed by atoms with Gasteiger partial charge in [-0.3, -0.25) is 9.78 Å². The topological polar surface area (TPSA) is 67.8 Å². The van der Waals surface area contributed by atoms with E-state index in [0.29, 0.717) is 29.2 Å². The quantitative estimate of drug-likeness (QED) is 0.639. The molecule has 0 spiro atoms. The van der Waals surface area contributed by atoms with E-state index in [9.17, 15) is 4.79 Å². The Morgan fingerprint density at radius 2 is 2.00 bits per heavy atom. The van der Waals surface area contributed by atoms with Gasteiger partial charge in [0.05, 0.1) is 21.3 Å². The second kappa shape index (κ2) is 7.17. The molecule has 3 aromatic rings. The first kappa shape index (κ1) is 18.3. The van der Waals surface area contributed by atoms with Crippen LogP contribution in [0.25, 0.3) is 10.2 Å². The standard InChI is InChI=1S/C20H21ClN4OS/c1-20(2,17-18(21)23-8-7-22-17)16(26)11-12-9-13(10-12)24-19-25-14-5-3-4-6-15(14)27-19/h3-8,12-13H,9-11H2,1-2H3,(H,24,25). The molecule has 1 fully saturated rings. The largest absolute Gasteiger partial charge is 0.359 e. The lowest BCUT2D eigenvalue weighted by molar-refractivity contribution is -0.125. The van der Waals surface area contributed by atoms with E-state index in [2.05, 4.69) is 26.3 Å². The van der Waals surface area contributed by atoms with Gasteiger partial charge in [-0.15, -0.1) is 0 Å². The molecule has 0 aliphatic heterocycles. The van der Waals surface area contributed by atoms with Crippen LogP contribution < -0.4 is 5.32 Å². The zero-order chi connectivity index (χ0) is 19.0. The van der Waals surface area contributed by atoms with Crippen LogP contribution in [0.2, 0.25) is 5.15 Å². The van der Waals surface area contributed by atoms with Crippen molar-refractivity contribution in [2.45, 2.75) is 44.6 Å². The van der Waals surface area contributed by atoms with Gasteiger partial charge in [0.2, 0.25) is 0 Å². The Morgan fingerprint density at radius 1 is 1.26 bits per heavy atom. The smallest absolute Gasteiger partial charge is 0.184 e. The Labute approximate surface area is 167 Å². The lowest BCUT2D eigenvalue weighted by Crippen LogP contribution is -2.40. The van der Waals surface area contributed by atoms with Gasteiger partial charge < -0.3 is 5.32 Å². The first-order valence-corrected chi connectivity index (χ1v) is 10.3. The number of fused-ring (bicyclic) bond motifs is 1. The van der Waals surface area contributed by atoms with E-state index in [0.717, 1.165) is 23.5 Å². The molecule has 0 radical (unpaired) electrons. The lowest BCUT2D eigenvalue weighted by Gasteiger charge is -2.37. The van der Waals surface area contributed by atoms with Crippen LogP contribution in [-0.2, 0) is 10.2 Å². The molecular formula is C20H21ClN4OS. The Balaban J connectivity index is 1.33. The summed E-state index contributed by atoms with van der Waals surface area (Å²) in [6.07, 6.45) is 5.62. The molecular weight excluding hydrogens is 380 g/mol. The van der Waals surface area contributed by atoms with Crippen molar-refractivity contribution in [2.75, 3.05) is 5.32 Å². The number of Topliss-reactive ketones (excluding diaryl/α,β-unsaturated/α-hetero) is 1. The third-order valence-corrected chi connectivity index (χ3v) is 6.52. The number of hydrogen-bond donors (Lipinski definition) is 1. The molecule has 1 saturated carbocycles. The summed E-state index contributed by atoms with van der Waals surface area (Å²) in [5, 5.41) is 4.76. The molecule has 4 rings (SSSR count). The monoisotopic (exact) mass is 400 g/mol. The van der Waals surface area contributed by atoms with Crippen LogP contribution >= 0.6 is 22.9 Å². The van der Waals surface area contributed by atoms with Gasteiger partial charge >= 0.3 is 0 Å². The minimum atomic E-state index is -0.725. The summed E-state index contributed by atoms with van der Waals surface area (Å²) in [5.74, 6) is 0.549. The van der Waals surface area contributed by atoms with Gasteiger partial charge in [0, 0.05) is 24.9 Å². The number of benzene rings is 1. The Hall–Kier alpha value is -2.05. The average molecular weight is 401 g/mol. The second-order valence-electron chi connectivity index (χ2n) is 7.61. The first-order chi connectivity index (χ1) is 12.9. The molecule has 1 aromatic carbocycles. The van der Waals surface area contributed by atoms with E-state index < -0.39 is 5.41 Å². The van der Waals surface area contributed by atoms with Crippen LogP contribution in [0.5, 0.6) is 0 Å². The fraction of sp³-hybridized carbons (Fsp3) is 0.400. The number of thiazole rings is 1. The zero-order valence-electron chi connectivity index (χ0n) is 15.3. The number of hydrogen-bond acceptors (Lipinski definition) is 6. The first-order valence-electron chi connectivity index (χ1n) is 9.06. The number of carbonyl (C=O) groups excluding carboxylic acids is 1. The average Bonchev–Trinajstić information content (AvgIpc) is 3.02. The molecule has 0 amide bonds. The summed E-state index contributed by atoms with van der Waals surface area (Å²) in [7, 11) is 0. The normalized spacial score (nSPS) is 19.7. The summed E-state index contributed by atoms with van der Waals surface area (Å²) >= 11 is 7.82. The maximum atomic E-state index is 12.8. The van der Waals surface area contributed by atoms with Crippen molar-refractivity contribution in [3.05, 3.63) is 47.5 Å². The van der Waals surface area contributed by atoms with E-state index in [1.54, 1.807) is 17.5 Å². The summed E-state index contributed by atoms with van der Waals surface area (Å²) in [5.41, 5.74) is 0.857. The van der Waals surface area contributed by atoms with Crippen molar-refractivity contribution >= 4 is 44.1 Å². The lowest BCUT2D eigenvalue weighted by atomic mass is 9.72. The molecule has 1 N–H and O–H groups in total. The number of nitrogens with zero attached hydrogens (tertiary/aromatic N) is 3. The number of anilines is 1. The molecule has 140 valence electrons. The van der Waals surface area contributed by atoms with E-state index in [1.165, 1.54) is 10.9 Å². The van der Waals surface area contributed by atoms with Crippen molar-refractivity contribution in [2.24, 2.45) is 5.92 Å². The van der Waals surface area contributed by atoms with E-state index >= 15 is 0 Å². The van der Waals surface area contributed by atoms with Gasteiger partial charge in [-0.1, -0.05) is 35.1 Å². The predicted octanol–water partition coefficient (Wildman–Crippen LogP) is 4.87. The van der Waals surface area contributed by atoms with Gasteiger partial charge in [0.1, 0.15) is 5.78 Å². The van der Waals surface area contributed by atoms with Crippen LogP contribution in [0.4, 0.5) is 5.13 Å². The van der Waals surface area contributed by atoms with E-state index in [1.807, 2.05) is 32.0 Å². The highest BCUT2D eigenvalue weighted by Crippen LogP contribution is 2.38. The van der Waals surface area contributed by atoms with Crippen LogP contribution in [-0.4, -0.2) is 26.8 Å². The highest BCUT2D eigenvalue weighted by atomic mass is 35.5. The van der Waals surface area contributed by atoms with Gasteiger partial charge in [0.25, 0.3) is 0 Å². The Kier molecular flexibility index (Phi) is 4.86. The van der Waals surface area contributed by atoms with Gasteiger partial charge in [-0.05, 0) is 44.7 Å². The van der Waals surface area contributed by atoms with Crippen LogP contribution in [0, 0.1) is 5.92 Å². The highest BCUT2D eigenvalue weighted by Gasteiger charge is 2.38. The molecule has 7 heteroatoms. The Bertz CT molecular complexity index is 948. The molecule has 1 aliphatic rings. The fourth-order valence-electron chi connectivity index (χ4n) is 3.52. The van der Waals surface area contributed by atoms with Crippen molar-refractivity contribution < 1.29 is 4.79 Å².